The smallest absolute Gasteiger partial charge is 0.244 e. The Bertz CT molecular complexity index is 8250. The first-order chi connectivity index (χ1) is 54.5. The number of aromatic nitrogens is 2. The minimum atomic E-state index is -0.0294. The molecule has 0 amide bonds. The van der Waals surface area contributed by atoms with Crippen molar-refractivity contribution in [3.63, 3.8) is 0 Å². The molecule has 0 N–H and O–H groups in total. The van der Waals surface area contributed by atoms with Gasteiger partial charge in [-0.3, -0.25) is 0 Å². The maximum Gasteiger partial charge on any atom is 0.244 e. The molecular weight excluding hydrogens is 1400 g/mol. The third-order valence-corrected chi connectivity index (χ3v) is 30.9. The predicted octanol–water partition coefficient (Wildman–Crippen LogP) is 24.8. The van der Waals surface area contributed by atoms with Crippen molar-refractivity contribution in [1.82, 2.24) is 9.13 Å². The monoisotopic (exact) mass is 1460 g/mol. The van der Waals surface area contributed by atoms with Crippen molar-refractivity contribution in [2.75, 3.05) is 0 Å². The summed E-state index contributed by atoms with van der Waals surface area (Å²) < 4.78 is 16.1. The van der Waals surface area contributed by atoms with Crippen LogP contribution in [0.25, 0.3) is 223 Å². The summed E-state index contributed by atoms with van der Waals surface area (Å²) in [5, 5.41) is 27.0. The van der Waals surface area contributed by atoms with Crippen LogP contribution in [0, 0.1) is 6.92 Å². The van der Waals surface area contributed by atoms with Crippen molar-refractivity contribution in [3.05, 3.63) is 314 Å². The first-order valence-electron chi connectivity index (χ1n) is 38.4. The number of para-hydroxylation sites is 3. The molecule has 0 bridgehead atoms. The van der Waals surface area contributed by atoms with Gasteiger partial charge in [-0.25, -0.2) is 0 Å². The summed E-state index contributed by atoms with van der Waals surface area (Å²) in [5.41, 5.74) is 30.4. The second-order valence-electron chi connectivity index (χ2n) is 31.5. The van der Waals surface area contributed by atoms with E-state index in [4.69, 9.17) is 0 Å². The number of benzene rings is 18. The molecule has 6 aromatic heterocycles. The van der Waals surface area contributed by atoms with E-state index in [1.165, 1.54) is 267 Å². The topological polar surface area (TPSA) is 9.86 Å². The number of hydrogen-bond acceptors (Lipinski definition) is 4. The standard InChI is InChI=1S/C102H54B2N2S4/c1-52-41-69-61-27-17-29-65-89(61)79(50-83-91(65)63-25-5-11-31-81(63)105(83)55-19-3-2-4-20-55)104-80-51-84-92(66-30-18-28-62(90(66)80)70(42-52)97(69)104)64-26-6-12-32-82(64)106(84)56-39-37-53(38-40-56)43-54-44-71-67-46-73-57-21-7-13-33-85(57)107-99(73)95-93(67)77(48-75-59-23-9-15-35-87(59)109-101(75)95)103-78-49-76-60-24-10-16-36-88(60)110-102(76)96-94(78)68(72(45-54)98(71)103)47-74-58-22-8-14-34-86(58)108-100(74)96/h2-42,44-51H,43H2,1H3. The molecule has 0 radical (unpaired) electrons. The molecule has 0 saturated heterocycles. The lowest BCUT2D eigenvalue weighted by Gasteiger charge is -2.35. The molecular formula is C102H54B2N2S4. The van der Waals surface area contributed by atoms with Gasteiger partial charge in [0.15, 0.2) is 0 Å². The summed E-state index contributed by atoms with van der Waals surface area (Å²) >= 11 is 7.93. The van der Waals surface area contributed by atoms with E-state index in [1.54, 1.807) is 0 Å². The summed E-state index contributed by atoms with van der Waals surface area (Å²) in [6.45, 7) is 2.25. The van der Waals surface area contributed by atoms with Gasteiger partial charge in [-0.15, -0.1) is 45.3 Å². The van der Waals surface area contributed by atoms with Crippen LogP contribution in [0.15, 0.2) is 297 Å². The molecule has 28 rings (SSSR count). The molecule has 0 spiro atoms. The van der Waals surface area contributed by atoms with E-state index in [-0.39, 0.29) is 13.4 Å². The molecule has 502 valence electrons. The Kier molecular flexibility index (Phi) is 11.0. The molecule has 8 heteroatoms. The van der Waals surface area contributed by atoms with Crippen LogP contribution in [0.1, 0.15) is 16.7 Å². The number of rotatable bonds is 4. The molecule has 4 aliphatic rings. The van der Waals surface area contributed by atoms with Gasteiger partial charge in [0.1, 0.15) is 0 Å². The number of nitrogens with zero attached hydrogens (tertiary/aromatic N) is 2. The molecule has 4 aliphatic heterocycles. The Hall–Kier alpha value is -12.4. The predicted molar refractivity (Wildman–Crippen MR) is 482 cm³/mol. The fourth-order valence-electron chi connectivity index (χ4n) is 21.9. The molecule has 110 heavy (non-hydrogen) atoms. The van der Waals surface area contributed by atoms with Crippen molar-refractivity contribution in [2.45, 2.75) is 13.3 Å². The van der Waals surface area contributed by atoms with Crippen molar-refractivity contribution in [3.8, 4) is 55.9 Å². The first-order valence-corrected chi connectivity index (χ1v) is 41.6. The largest absolute Gasteiger partial charge is 0.309 e. The molecule has 18 aromatic carbocycles. The second kappa shape index (κ2) is 20.7. The quantitative estimate of drug-likeness (QED) is 0.155. The molecule has 24 aromatic rings. The van der Waals surface area contributed by atoms with Crippen LogP contribution < -0.4 is 32.8 Å². The van der Waals surface area contributed by atoms with E-state index in [0.717, 1.165) is 12.1 Å². The normalized spacial score (nSPS) is 13.3. The molecule has 10 heterocycles. The minimum absolute atomic E-state index is 0.0141. The average Bonchev–Trinajstić information content (AvgIpc) is 1.39. The van der Waals surface area contributed by atoms with Crippen molar-refractivity contribution < 1.29 is 0 Å². The third-order valence-electron chi connectivity index (χ3n) is 26.1. The van der Waals surface area contributed by atoms with Gasteiger partial charge in [-0.1, -0.05) is 245 Å². The molecule has 0 fully saturated rings. The lowest BCUT2D eigenvalue weighted by molar-refractivity contribution is 1.15. The van der Waals surface area contributed by atoms with Crippen molar-refractivity contribution in [1.29, 1.82) is 0 Å². The van der Waals surface area contributed by atoms with Gasteiger partial charge in [0.05, 0.1) is 22.1 Å². The van der Waals surface area contributed by atoms with Crippen LogP contribution in [0.2, 0.25) is 0 Å². The fourth-order valence-corrected chi connectivity index (χ4v) is 27.0. The molecule has 2 nitrogen and oxygen atoms in total. The number of thiophene rings is 4. The van der Waals surface area contributed by atoms with Crippen LogP contribution in [0.4, 0.5) is 0 Å². The van der Waals surface area contributed by atoms with E-state index < -0.39 is 0 Å². The molecule has 0 aliphatic carbocycles. The Morgan fingerprint density at radius 1 is 0.236 bits per heavy atom. The highest BCUT2D eigenvalue weighted by Gasteiger charge is 2.44. The Morgan fingerprint density at radius 2 is 0.600 bits per heavy atom. The highest BCUT2D eigenvalue weighted by atomic mass is 32.1. The highest BCUT2D eigenvalue weighted by Crippen LogP contribution is 2.55. The van der Waals surface area contributed by atoms with E-state index in [2.05, 4.69) is 313 Å². The SMILES string of the molecule is Cc1cc2c3c(c1)-c1cccc4c1c(cc1c4c4ccccc4n1-c1ccc(Cc4cc5c6c(c4)-c4cc7c8ccccc8sc7c7c4c(cc4c8ccccc8sc47)B6c4cc6c7ccccc7sc6c6c4c-5cc4c5ccccc5sc46)cc1)B3c1cc3c(c4cccc-2c14)c1ccccc1n3-c1ccccc1. The maximum absolute atomic E-state index is 2.66. The van der Waals surface area contributed by atoms with Crippen molar-refractivity contribution >= 4 is 259 Å². The van der Waals surface area contributed by atoms with Crippen LogP contribution in [-0.2, 0) is 6.42 Å². The number of hydrogen-bond donors (Lipinski definition) is 0. The number of aryl methyl sites for hydroxylation is 1. The van der Waals surface area contributed by atoms with Crippen LogP contribution in [0.3, 0.4) is 0 Å². The zero-order valence-corrected chi connectivity index (χ0v) is 62.4. The van der Waals surface area contributed by atoms with Gasteiger partial charge in [-0.2, -0.15) is 0 Å². The van der Waals surface area contributed by atoms with Gasteiger partial charge in [0.2, 0.25) is 13.4 Å². The fraction of sp³-hybridized carbons (Fsp3) is 0.0196. The lowest BCUT2D eigenvalue weighted by atomic mass is 9.31. The molecule has 0 atom stereocenters. The summed E-state index contributed by atoms with van der Waals surface area (Å²) in [4.78, 5) is 0. The first kappa shape index (κ1) is 58.7. The third kappa shape index (κ3) is 7.25. The van der Waals surface area contributed by atoms with E-state index >= 15 is 0 Å². The van der Waals surface area contributed by atoms with E-state index in [9.17, 15) is 0 Å². The van der Waals surface area contributed by atoms with Gasteiger partial charge < -0.3 is 9.13 Å². The van der Waals surface area contributed by atoms with E-state index in [0.29, 0.717) is 0 Å². The average molecular weight is 1460 g/mol. The Labute approximate surface area is 645 Å². The minimum Gasteiger partial charge on any atom is -0.309 e. The van der Waals surface area contributed by atoms with Crippen molar-refractivity contribution in [2.24, 2.45) is 0 Å². The second-order valence-corrected chi connectivity index (χ2v) is 35.7. The summed E-state index contributed by atoms with van der Waals surface area (Å²) in [5.74, 6) is 0. The van der Waals surface area contributed by atoms with Gasteiger partial charge in [0, 0.05) is 124 Å². The van der Waals surface area contributed by atoms with Gasteiger partial charge in [0.25, 0.3) is 0 Å². The summed E-state index contributed by atoms with van der Waals surface area (Å²) in [6, 6.07) is 116. The maximum atomic E-state index is 2.66. The van der Waals surface area contributed by atoms with E-state index in [1.807, 2.05) is 45.3 Å². The van der Waals surface area contributed by atoms with Crippen LogP contribution >= 0.6 is 45.3 Å². The lowest BCUT2D eigenvalue weighted by Crippen LogP contribution is -2.57. The Balaban J connectivity index is 0.677. The molecule has 0 unspecified atom stereocenters. The van der Waals surface area contributed by atoms with Crippen LogP contribution in [-0.4, -0.2) is 22.6 Å². The summed E-state index contributed by atoms with van der Waals surface area (Å²) in [6.07, 6.45) is 0.770. The zero-order valence-electron chi connectivity index (χ0n) is 59.2. The van der Waals surface area contributed by atoms with Gasteiger partial charge in [-0.05, 0) is 192 Å². The van der Waals surface area contributed by atoms with Gasteiger partial charge >= 0.3 is 0 Å². The molecule has 0 saturated carbocycles. The Morgan fingerprint density at radius 3 is 1.05 bits per heavy atom. The number of fused-ring (bicyclic) bond motifs is 32. The summed E-state index contributed by atoms with van der Waals surface area (Å²) in [7, 11) is 0. The highest BCUT2D eigenvalue weighted by molar-refractivity contribution is 7.31. The zero-order chi connectivity index (χ0) is 70.9. The van der Waals surface area contributed by atoms with Crippen LogP contribution in [0.5, 0.6) is 0 Å².